The summed E-state index contributed by atoms with van der Waals surface area (Å²) in [4.78, 5) is 10.5. The van der Waals surface area contributed by atoms with Crippen LogP contribution in [0.2, 0.25) is 0 Å². The summed E-state index contributed by atoms with van der Waals surface area (Å²) < 4.78 is 13.0. The molecule has 0 saturated heterocycles. The lowest BCUT2D eigenvalue weighted by atomic mass is 10.1. The molecule has 64 valence electrons. The van der Waals surface area contributed by atoms with E-state index in [-0.39, 0.29) is 10.5 Å². The zero-order chi connectivity index (χ0) is 9.30. The number of rotatable bonds is 1. The minimum absolute atomic E-state index is 0.0624. The predicted octanol–water partition coefficient (Wildman–Crippen LogP) is 2.12. The van der Waals surface area contributed by atoms with Gasteiger partial charge in [-0.25, -0.2) is 9.18 Å². The number of halogens is 1. The van der Waals surface area contributed by atoms with Crippen LogP contribution < -0.4 is 0 Å². The highest BCUT2D eigenvalue weighted by Crippen LogP contribution is 2.18. The van der Waals surface area contributed by atoms with Gasteiger partial charge in [-0.15, -0.1) is 12.6 Å². The smallest absolute Gasteiger partial charge is 0.338 e. The SMILES string of the molecule is Cc1cc(S)c(F)c(C(=O)O)c1. The molecule has 12 heavy (non-hydrogen) atoms. The van der Waals surface area contributed by atoms with Crippen molar-refractivity contribution in [3.63, 3.8) is 0 Å². The van der Waals surface area contributed by atoms with E-state index in [1.165, 1.54) is 12.1 Å². The summed E-state index contributed by atoms with van der Waals surface area (Å²) in [6.45, 7) is 1.69. The predicted molar refractivity (Wildman–Crippen MR) is 45.3 cm³/mol. The highest BCUT2D eigenvalue weighted by molar-refractivity contribution is 7.80. The fourth-order valence-corrected chi connectivity index (χ4v) is 1.23. The van der Waals surface area contributed by atoms with Gasteiger partial charge < -0.3 is 5.11 Å². The minimum atomic E-state index is -1.27. The summed E-state index contributed by atoms with van der Waals surface area (Å²) in [5.74, 6) is -2.05. The Morgan fingerprint density at radius 3 is 2.67 bits per heavy atom. The highest BCUT2D eigenvalue weighted by Gasteiger charge is 2.12. The number of aromatic carboxylic acids is 1. The van der Waals surface area contributed by atoms with E-state index in [0.717, 1.165) is 0 Å². The van der Waals surface area contributed by atoms with Gasteiger partial charge in [0.05, 0.1) is 5.56 Å². The second kappa shape index (κ2) is 3.15. The number of thiol groups is 1. The molecule has 0 spiro atoms. The molecule has 0 aromatic heterocycles. The third-order valence-electron chi connectivity index (χ3n) is 1.43. The van der Waals surface area contributed by atoms with Crippen molar-refractivity contribution in [1.82, 2.24) is 0 Å². The molecule has 1 rings (SSSR count). The number of hydrogen-bond donors (Lipinski definition) is 2. The lowest BCUT2D eigenvalue weighted by Gasteiger charge is -2.01. The minimum Gasteiger partial charge on any atom is -0.478 e. The molecule has 4 heteroatoms. The standard InChI is InChI=1S/C8H7FO2S/c1-4-2-5(8(10)11)7(9)6(12)3-4/h2-3,12H,1H3,(H,10,11). The molecule has 0 atom stereocenters. The summed E-state index contributed by atoms with van der Waals surface area (Å²) in [6.07, 6.45) is 0. The molecule has 0 amide bonds. The van der Waals surface area contributed by atoms with Crippen LogP contribution in [-0.4, -0.2) is 11.1 Å². The molecule has 0 bridgehead atoms. The Morgan fingerprint density at radius 1 is 1.58 bits per heavy atom. The van der Waals surface area contributed by atoms with Gasteiger partial charge in [-0.3, -0.25) is 0 Å². The number of benzene rings is 1. The summed E-state index contributed by atoms with van der Waals surface area (Å²) >= 11 is 3.79. The van der Waals surface area contributed by atoms with Crippen LogP contribution in [0.25, 0.3) is 0 Å². The molecule has 1 aromatic rings. The van der Waals surface area contributed by atoms with Gasteiger partial charge in [-0.2, -0.15) is 0 Å². The van der Waals surface area contributed by atoms with E-state index in [4.69, 9.17) is 5.11 Å². The molecular weight excluding hydrogens is 179 g/mol. The maximum Gasteiger partial charge on any atom is 0.338 e. The number of carbonyl (C=O) groups is 1. The van der Waals surface area contributed by atoms with Gasteiger partial charge in [0.15, 0.2) is 5.82 Å². The Hall–Kier alpha value is -1.03. The first-order chi connectivity index (χ1) is 5.52. The van der Waals surface area contributed by atoms with E-state index in [9.17, 15) is 9.18 Å². The van der Waals surface area contributed by atoms with Crippen LogP contribution in [0.1, 0.15) is 15.9 Å². The molecule has 0 aliphatic carbocycles. The second-order valence-corrected chi connectivity index (χ2v) is 2.93. The van der Waals surface area contributed by atoms with E-state index < -0.39 is 11.8 Å². The Morgan fingerprint density at radius 2 is 2.17 bits per heavy atom. The second-order valence-electron chi connectivity index (χ2n) is 2.45. The average Bonchev–Trinajstić information content (AvgIpc) is 1.96. The molecule has 0 saturated carbocycles. The van der Waals surface area contributed by atoms with Crippen LogP contribution in [0.3, 0.4) is 0 Å². The molecular formula is C8H7FO2S. The number of aryl methyl sites for hydroxylation is 1. The molecule has 0 heterocycles. The van der Waals surface area contributed by atoms with E-state index >= 15 is 0 Å². The molecule has 1 N–H and O–H groups in total. The fourth-order valence-electron chi connectivity index (χ4n) is 0.905. The van der Waals surface area contributed by atoms with Gasteiger partial charge in [0.1, 0.15) is 0 Å². The average molecular weight is 186 g/mol. The zero-order valence-electron chi connectivity index (χ0n) is 6.34. The van der Waals surface area contributed by atoms with E-state index in [2.05, 4.69) is 12.6 Å². The number of hydrogen-bond acceptors (Lipinski definition) is 2. The van der Waals surface area contributed by atoms with Crippen molar-refractivity contribution in [2.24, 2.45) is 0 Å². The number of carboxylic acid groups (broad SMARTS) is 1. The molecule has 2 nitrogen and oxygen atoms in total. The van der Waals surface area contributed by atoms with Gasteiger partial charge >= 0.3 is 5.97 Å². The third-order valence-corrected chi connectivity index (χ3v) is 1.75. The quantitative estimate of drug-likeness (QED) is 0.659. The normalized spacial score (nSPS) is 9.92. The molecule has 1 aromatic carbocycles. The molecule has 0 aliphatic rings. The topological polar surface area (TPSA) is 37.3 Å². The van der Waals surface area contributed by atoms with Crippen molar-refractivity contribution in [2.45, 2.75) is 11.8 Å². The van der Waals surface area contributed by atoms with Gasteiger partial charge in [-0.05, 0) is 24.6 Å². The van der Waals surface area contributed by atoms with Crippen LogP contribution in [0.5, 0.6) is 0 Å². The monoisotopic (exact) mass is 186 g/mol. The first-order valence-electron chi connectivity index (χ1n) is 3.25. The molecule has 0 aliphatic heterocycles. The van der Waals surface area contributed by atoms with E-state index in [1.54, 1.807) is 6.92 Å². The molecule has 0 radical (unpaired) electrons. The zero-order valence-corrected chi connectivity index (χ0v) is 7.23. The summed E-state index contributed by atoms with van der Waals surface area (Å²) in [7, 11) is 0. The highest BCUT2D eigenvalue weighted by atomic mass is 32.1. The van der Waals surface area contributed by atoms with Crippen molar-refractivity contribution in [2.75, 3.05) is 0 Å². The Kier molecular flexibility index (Phi) is 2.38. The van der Waals surface area contributed by atoms with Crippen molar-refractivity contribution in [1.29, 1.82) is 0 Å². The van der Waals surface area contributed by atoms with Crippen LogP contribution in [0.4, 0.5) is 4.39 Å². The lowest BCUT2D eigenvalue weighted by molar-refractivity contribution is 0.0691. The van der Waals surface area contributed by atoms with Gasteiger partial charge in [0.25, 0.3) is 0 Å². The maximum atomic E-state index is 13.0. The molecule has 0 unspecified atom stereocenters. The van der Waals surface area contributed by atoms with Crippen LogP contribution in [-0.2, 0) is 0 Å². The van der Waals surface area contributed by atoms with E-state index in [0.29, 0.717) is 5.56 Å². The Bertz CT molecular complexity index is 336. The first kappa shape index (κ1) is 9.06. The largest absolute Gasteiger partial charge is 0.478 e. The first-order valence-corrected chi connectivity index (χ1v) is 3.69. The summed E-state index contributed by atoms with van der Waals surface area (Å²) in [5.41, 5.74) is 0.346. The van der Waals surface area contributed by atoms with Gasteiger partial charge in [-0.1, -0.05) is 0 Å². The van der Waals surface area contributed by atoms with E-state index in [1.807, 2.05) is 0 Å². The van der Waals surface area contributed by atoms with Crippen molar-refractivity contribution in [3.05, 3.63) is 29.1 Å². The summed E-state index contributed by atoms with van der Waals surface area (Å²) in [5, 5.41) is 8.54. The Labute approximate surface area is 74.4 Å². The van der Waals surface area contributed by atoms with Crippen molar-refractivity contribution < 1.29 is 14.3 Å². The van der Waals surface area contributed by atoms with Crippen LogP contribution in [0, 0.1) is 12.7 Å². The van der Waals surface area contributed by atoms with Crippen LogP contribution >= 0.6 is 12.6 Å². The van der Waals surface area contributed by atoms with Gasteiger partial charge in [0.2, 0.25) is 0 Å². The van der Waals surface area contributed by atoms with Gasteiger partial charge in [0, 0.05) is 4.90 Å². The third kappa shape index (κ3) is 1.58. The van der Waals surface area contributed by atoms with Crippen LogP contribution in [0.15, 0.2) is 17.0 Å². The maximum absolute atomic E-state index is 13.0. The summed E-state index contributed by atoms with van der Waals surface area (Å²) in [6, 6.07) is 2.75. The lowest BCUT2D eigenvalue weighted by Crippen LogP contribution is -2.01. The fraction of sp³-hybridized carbons (Fsp3) is 0.125. The van der Waals surface area contributed by atoms with Crippen molar-refractivity contribution in [3.8, 4) is 0 Å². The number of carboxylic acids is 1. The Balaban J connectivity index is 3.37. The van der Waals surface area contributed by atoms with Crippen molar-refractivity contribution >= 4 is 18.6 Å². The molecule has 0 fully saturated rings.